The summed E-state index contributed by atoms with van der Waals surface area (Å²) in [6.07, 6.45) is 4.05. The van der Waals surface area contributed by atoms with Crippen molar-refractivity contribution in [3.8, 4) is 0 Å². The Morgan fingerprint density at radius 1 is 0.812 bits per heavy atom. The van der Waals surface area contributed by atoms with Crippen molar-refractivity contribution >= 4 is 50.7 Å². The highest BCUT2D eigenvalue weighted by Crippen LogP contribution is 2.28. The zero-order chi connectivity index (χ0) is 34.3. The Bertz CT molecular complexity index is 1800. The monoisotopic (exact) mass is 705 g/mol. The summed E-state index contributed by atoms with van der Waals surface area (Å²) in [5.41, 5.74) is 2.91. The van der Waals surface area contributed by atoms with Gasteiger partial charge >= 0.3 is 0 Å². The van der Waals surface area contributed by atoms with Crippen molar-refractivity contribution in [2.45, 2.75) is 75.4 Å². The maximum absolute atomic E-state index is 14.7. The molecule has 10 heteroatoms. The van der Waals surface area contributed by atoms with E-state index in [9.17, 15) is 18.0 Å². The summed E-state index contributed by atoms with van der Waals surface area (Å²) in [6, 6.07) is 28.9. The molecule has 2 amide bonds. The van der Waals surface area contributed by atoms with E-state index in [1.165, 1.54) is 17.0 Å². The molecule has 1 fully saturated rings. The molecule has 0 aliphatic heterocycles. The van der Waals surface area contributed by atoms with Gasteiger partial charge in [0.2, 0.25) is 11.8 Å². The molecule has 1 atom stereocenters. The predicted octanol–water partition coefficient (Wildman–Crippen LogP) is 8.01. The van der Waals surface area contributed by atoms with Crippen molar-refractivity contribution in [3.63, 3.8) is 0 Å². The molecule has 1 N–H and O–H groups in total. The van der Waals surface area contributed by atoms with Crippen LogP contribution < -0.4 is 9.62 Å². The lowest BCUT2D eigenvalue weighted by molar-refractivity contribution is -0.140. The quantitative estimate of drug-likeness (QED) is 0.153. The van der Waals surface area contributed by atoms with E-state index in [4.69, 9.17) is 23.2 Å². The van der Waals surface area contributed by atoms with Crippen LogP contribution in [-0.4, -0.2) is 43.8 Å². The molecule has 0 spiro atoms. The average molecular weight is 707 g/mol. The lowest BCUT2D eigenvalue weighted by atomic mass is 10.0. The van der Waals surface area contributed by atoms with E-state index in [-0.39, 0.29) is 35.7 Å². The molecule has 0 bridgehead atoms. The number of anilines is 1. The Morgan fingerprint density at radius 3 is 2.04 bits per heavy atom. The number of benzene rings is 4. The van der Waals surface area contributed by atoms with Gasteiger partial charge in [-0.1, -0.05) is 117 Å². The van der Waals surface area contributed by atoms with Crippen molar-refractivity contribution in [2.75, 3.05) is 10.8 Å². The zero-order valence-corrected chi connectivity index (χ0v) is 29.5. The smallest absolute Gasteiger partial charge is 0.264 e. The first-order chi connectivity index (χ1) is 23.0. The van der Waals surface area contributed by atoms with Gasteiger partial charge in [0, 0.05) is 19.0 Å². The molecular formula is C38H41Cl2N3O4S. The van der Waals surface area contributed by atoms with Crippen LogP contribution in [0.25, 0.3) is 0 Å². The highest BCUT2D eigenvalue weighted by atomic mass is 35.5. The highest BCUT2D eigenvalue weighted by molar-refractivity contribution is 7.92. The number of sulfonamides is 1. The zero-order valence-electron chi connectivity index (χ0n) is 27.2. The summed E-state index contributed by atoms with van der Waals surface area (Å²) in [4.78, 5) is 30.4. The second kappa shape index (κ2) is 16.0. The molecule has 7 nitrogen and oxygen atoms in total. The van der Waals surface area contributed by atoms with Crippen LogP contribution in [0.5, 0.6) is 0 Å². The third-order valence-corrected chi connectivity index (χ3v) is 11.3. The molecule has 1 saturated carbocycles. The number of hydrogen-bond acceptors (Lipinski definition) is 4. The van der Waals surface area contributed by atoms with Crippen molar-refractivity contribution in [2.24, 2.45) is 0 Å². The van der Waals surface area contributed by atoms with Crippen LogP contribution >= 0.6 is 23.2 Å². The fraction of sp³-hybridized carbons (Fsp3) is 0.316. The van der Waals surface area contributed by atoms with Crippen LogP contribution in [0, 0.1) is 0 Å². The summed E-state index contributed by atoms with van der Waals surface area (Å²) in [6.45, 7) is 3.60. The van der Waals surface area contributed by atoms with Gasteiger partial charge in [0.1, 0.15) is 12.6 Å². The molecule has 0 radical (unpaired) electrons. The molecule has 4 aromatic rings. The highest BCUT2D eigenvalue weighted by Gasteiger charge is 2.35. The van der Waals surface area contributed by atoms with E-state index in [1.54, 1.807) is 48.5 Å². The Morgan fingerprint density at radius 2 is 1.44 bits per heavy atom. The van der Waals surface area contributed by atoms with E-state index < -0.39 is 28.5 Å². The van der Waals surface area contributed by atoms with Crippen molar-refractivity contribution in [1.29, 1.82) is 0 Å². The first-order valence-corrected chi connectivity index (χ1v) is 18.5. The third-order valence-electron chi connectivity index (χ3n) is 8.77. The van der Waals surface area contributed by atoms with Gasteiger partial charge in [0.25, 0.3) is 10.0 Å². The molecular weight excluding hydrogens is 665 g/mol. The van der Waals surface area contributed by atoms with Crippen LogP contribution in [0.1, 0.15) is 62.1 Å². The minimum Gasteiger partial charge on any atom is -0.352 e. The first-order valence-electron chi connectivity index (χ1n) is 16.3. The van der Waals surface area contributed by atoms with E-state index in [0.29, 0.717) is 21.3 Å². The minimum absolute atomic E-state index is 0.0107. The van der Waals surface area contributed by atoms with Crippen LogP contribution in [0.2, 0.25) is 10.0 Å². The molecule has 0 unspecified atom stereocenters. The molecule has 5 rings (SSSR count). The number of nitrogens with zero attached hydrogens (tertiary/aromatic N) is 2. The molecule has 4 aromatic carbocycles. The maximum atomic E-state index is 14.7. The Hall–Kier alpha value is -3.85. The van der Waals surface area contributed by atoms with Crippen molar-refractivity contribution < 1.29 is 18.0 Å². The number of halogens is 2. The number of rotatable bonds is 13. The lowest BCUT2D eigenvalue weighted by Crippen LogP contribution is -2.54. The molecule has 48 heavy (non-hydrogen) atoms. The van der Waals surface area contributed by atoms with Crippen LogP contribution in [0.15, 0.2) is 108 Å². The fourth-order valence-corrected chi connectivity index (χ4v) is 7.79. The fourth-order valence-electron chi connectivity index (χ4n) is 6.03. The number of nitrogens with one attached hydrogen (secondary N) is 1. The van der Waals surface area contributed by atoms with E-state index in [2.05, 4.69) is 19.2 Å². The summed E-state index contributed by atoms with van der Waals surface area (Å²) in [5.74, 6) is -0.576. The molecule has 1 aliphatic carbocycles. The Labute approximate surface area is 293 Å². The molecule has 1 aliphatic rings. The summed E-state index contributed by atoms with van der Waals surface area (Å²) >= 11 is 12.6. The summed E-state index contributed by atoms with van der Waals surface area (Å²) < 4.78 is 29.6. The van der Waals surface area contributed by atoms with Gasteiger partial charge < -0.3 is 10.2 Å². The van der Waals surface area contributed by atoms with Gasteiger partial charge in [0.05, 0.1) is 20.6 Å². The largest absolute Gasteiger partial charge is 0.352 e. The van der Waals surface area contributed by atoms with Crippen molar-refractivity contribution in [3.05, 3.63) is 130 Å². The summed E-state index contributed by atoms with van der Waals surface area (Å²) in [7, 11) is -4.18. The second-order valence-electron chi connectivity index (χ2n) is 12.5. The molecule has 252 valence electrons. The van der Waals surface area contributed by atoms with Gasteiger partial charge in [-0.25, -0.2) is 8.42 Å². The van der Waals surface area contributed by atoms with Gasteiger partial charge in [-0.3, -0.25) is 13.9 Å². The van der Waals surface area contributed by atoms with Gasteiger partial charge in [-0.05, 0) is 71.8 Å². The normalized spacial score (nSPS) is 14.1. The SMILES string of the molecule is CC(C)c1ccc(N(CC(=O)N(Cc2ccc(Cl)c(Cl)c2)[C@@H](Cc2ccccc2)C(=O)NC2CCCC2)S(=O)(=O)c2ccccc2)cc1. The van der Waals surface area contributed by atoms with Crippen LogP contribution in [0.4, 0.5) is 5.69 Å². The number of carbonyl (C=O) groups excluding carboxylic acids is 2. The number of carbonyl (C=O) groups is 2. The maximum Gasteiger partial charge on any atom is 0.264 e. The van der Waals surface area contributed by atoms with Gasteiger partial charge in [-0.15, -0.1) is 0 Å². The second-order valence-corrected chi connectivity index (χ2v) is 15.2. The van der Waals surface area contributed by atoms with E-state index in [1.807, 2.05) is 42.5 Å². The number of amides is 2. The van der Waals surface area contributed by atoms with E-state index in [0.717, 1.165) is 41.1 Å². The minimum atomic E-state index is -4.18. The predicted molar refractivity (Wildman–Crippen MR) is 193 cm³/mol. The van der Waals surface area contributed by atoms with E-state index >= 15 is 0 Å². The molecule has 0 heterocycles. The topological polar surface area (TPSA) is 86.8 Å². The van der Waals surface area contributed by atoms with Crippen molar-refractivity contribution in [1.82, 2.24) is 10.2 Å². The Balaban J connectivity index is 1.57. The average Bonchev–Trinajstić information content (AvgIpc) is 3.60. The molecule has 0 saturated heterocycles. The first kappa shape index (κ1) is 35.5. The third kappa shape index (κ3) is 8.78. The van der Waals surface area contributed by atoms with Gasteiger partial charge in [0.15, 0.2) is 0 Å². The summed E-state index contributed by atoms with van der Waals surface area (Å²) in [5, 5.41) is 3.87. The standard InChI is InChI=1S/C38H41Cl2N3O4S/c1-27(2)30-18-20-32(21-19-30)43(48(46,47)33-15-7-4-8-16-33)26-37(44)42(25-29-17-22-34(39)35(40)23-29)36(24-28-11-5-3-6-12-28)38(45)41-31-13-9-10-14-31/h3-8,11-12,15-23,27,31,36H,9-10,13-14,24-26H2,1-2H3,(H,41,45)/t36-/m0/s1. The van der Waals surface area contributed by atoms with Crippen LogP contribution in [0.3, 0.4) is 0 Å². The lowest BCUT2D eigenvalue weighted by Gasteiger charge is -2.34. The van der Waals surface area contributed by atoms with Gasteiger partial charge in [-0.2, -0.15) is 0 Å². The number of hydrogen-bond donors (Lipinski definition) is 1. The Kier molecular flexibility index (Phi) is 11.8. The van der Waals surface area contributed by atoms with Crippen LogP contribution in [-0.2, 0) is 32.6 Å². The molecule has 0 aromatic heterocycles.